The van der Waals surface area contributed by atoms with Gasteiger partial charge in [0.05, 0.1) is 0 Å². The van der Waals surface area contributed by atoms with Crippen molar-refractivity contribution in [3.05, 3.63) is 57.9 Å². The lowest BCUT2D eigenvalue weighted by molar-refractivity contribution is 0.443. The van der Waals surface area contributed by atoms with Gasteiger partial charge in [-0.2, -0.15) is 0 Å². The number of hydrogen-bond acceptors (Lipinski definition) is 1. The molecule has 3 rings (SSSR count). The minimum atomic E-state index is 0.750. The summed E-state index contributed by atoms with van der Waals surface area (Å²) in [7, 11) is 0. The molecule has 27 heavy (non-hydrogen) atoms. The largest absolute Gasteiger partial charge is 0.103 e. The standard InChI is InChI=1S/C26H38S/c1-4-20(3)26(27-5-2)25-13-9-12-22(18-19-25)24-16-14-23(15-17-24)21-10-7-6-8-11-21/h5,14-17,21-22,25H,2,4,6-13,18-19H2,1,3H3/b26-20+. The first-order chi connectivity index (χ1) is 13.2. The molecule has 2 atom stereocenters. The van der Waals surface area contributed by atoms with E-state index in [0.717, 1.165) is 17.8 Å². The lowest BCUT2D eigenvalue weighted by Crippen LogP contribution is -2.05. The highest BCUT2D eigenvalue weighted by Crippen LogP contribution is 2.42. The number of rotatable bonds is 6. The summed E-state index contributed by atoms with van der Waals surface area (Å²) in [4.78, 5) is 1.61. The Morgan fingerprint density at radius 3 is 2.07 bits per heavy atom. The first-order valence-electron chi connectivity index (χ1n) is 11.3. The van der Waals surface area contributed by atoms with Crippen LogP contribution in [0.25, 0.3) is 0 Å². The lowest BCUT2D eigenvalue weighted by Gasteiger charge is -2.23. The zero-order valence-electron chi connectivity index (χ0n) is 17.5. The van der Waals surface area contributed by atoms with Gasteiger partial charge in [-0.3, -0.25) is 0 Å². The first kappa shape index (κ1) is 20.8. The summed E-state index contributed by atoms with van der Waals surface area (Å²) in [5.41, 5.74) is 4.75. The van der Waals surface area contributed by atoms with Gasteiger partial charge in [0.15, 0.2) is 0 Å². The van der Waals surface area contributed by atoms with Gasteiger partial charge in [0, 0.05) is 0 Å². The molecule has 0 radical (unpaired) electrons. The molecule has 0 amide bonds. The molecule has 2 saturated carbocycles. The highest BCUT2D eigenvalue weighted by molar-refractivity contribution is 8.05. The third-order valence-electron chi connectivity index (χ3n) is 6.99. The van der Waals surface area contributed by atoms with E-state index in [0.29, 0.717) is 0 Å². The minimum Gasteiger partial charge on any atom is -0.103 e. The molecule has 0 aliphatic heterocycles. The summed E-state index contributed by atoms with van der Waals surface area (Å²) < 4.78 is 0. The monoisotopic (exact) mass is 382 g/mol. The van der Waals surface area contributed by atoms with Crippen molar-refractivity contribution in [1.29, 1.82) is 0 Å². The van der Waals surface area contributed by atoms with Gasteiger partial charge < -0.3 is 0 Å². The van der Waals surface area contributed by atoms with Gasteiger partial charge in [-0.1, -0.05) is 69.0 Å². The van der Waals surface area contributed by atoms with Crippen LogP contribution >= 0.6 is 11.8 Å². The average molecular weight is 383 g/mol. The second-order valence-corrected chi connectivity index (χ2v) is 9.70. The van der Waals surface area contributed by atoms with Crippen molar-refractivity contribution in [3.8, 4) is 0 Å². The summed E-state index contributed by atoms with van der Waals surface area (Å²) in [6.07, 6.45) is 15.0. The smallest absolute Gasteiger partial charge is 0.00885 e. The molecule has 0 aromatic heterocycles. The molecule has 1 heteroatoms. The third kappa shape index (κ3) is 5.53. The predicted molar refractivity (Wildman–Crippen MR) is 122 cm³/mol. The van der Waals surface area contributed by atoms with Crippen LogP contribution in [0.4, 0.5) is 0 Å². The third-order valence-corrected chi connectivity index (χ3v) is 8.09. The quantitative estimate of drug-likeness (QED) is 0.442. The zero-order valence-corrected chi connectivity index (χ0v) is 18.3. The molecule has 148 valence electrons. The molecule has 0 spiro atoms. The van der Waals surface area contributed by atoms with Gasteiger partial charge in [-0.15, -0.1) is 11.8 Å². The van der Waals surface area contributed by atoms with Crippen molar-refractivity contribution >= 4 is 11.8 Å². The molecule has 0 nitrogen and oxygen atoms in total. The maximum absolute atomic E-state index is 3.97. The normalized spacial score (nSPS) is 25.6. The zero-order chi connectivity index (χ0) is 19.1. The van der Waals surface area contributed by atoms with Crippen LogP contribution in [0, 0.1) is 5.92 Å². The Morgan fingerprint density at radius 2 is 1.48 bits per heavy atom. The van der Waals surface area contributed by atoms with Crippen molar-refractivity contribution in [2.24, 2.45) is 5.92 Å². The summed E-state index contributed by atoms with van der Waals surface area (Å²) in [5.74, 6) is 2.33. The van der Waals surface area contributed by atoms with Crippen molar-refractivity contribution in [2.75, 3.05) is 0 Å². The summed E-state index contributed by atoms with van der Waals surface area (Å²) in [6.45, 7) is 8.58. The van der Waals surface area contributed by atoms with E-state index < -0.39 is 0 Å². The molecule has 0 bridgehead atoms. The fourth-order valence-corrected chi connectivity index (χ4v) is 6.14. The number of allylic oxidation sites excluding steroid dienone is 2. The average Bonchev–Trinajstić information content (AvgIpc) is 2.98. The second kappa shape index (κ2) is 10.6. The maximum Gasteiger partial charge on any atom is -0.00885 e. The topological polar surface area (TPSA) is 0 Å². The van der Waals surface area contributed by atoms with E-state index in [2.05, 4.69) is 44.7 Å². The maximum atomic E-state index is 3.97. The Labute approximate surface area is 171 Å². The van der Waals surface area contributed by atoms with Crippen molar-refractivity contribution < 1.29 is 0 Å². The fourth-order valence-electron chi connectivity index (χ4n) is 5.18. The van der Waals surface area contributed by atoms with Crippen LogP contribution in [0.1, 0.15) is 107 Å². The van der Waals surface area contributed by atoms with Crippen LogP contribution in [0.3, 0.4) is 0 Å². The van der Waals surface area contributed by atoms with Crippen LogP contribution < -0.4 is 0 Å². The molecule has 0 heterocycles. The predicted octanol–water partition coefficient (Wildman–Crippen LogP) is 8.96. The van der Waals surface area contributed by atoms with E-state index in [1.165, 1.54) is 70.6 Å². The molecule has 2 aliphatic carbocycles. The van der Waals surface area contributed by atoms with Crippen LogP contribution in [-0.2, 0) is 0 Å². The molecular formula is C26H38S. The molecular weight excluding hydrogens is 344 g/mol. The molecule has 2 unspecified atom stereocenters. The number of benzene rings is 1. The van der Waals surface area contributed by atoms with E-state index >= 15 is 0 Å². The number of hydrogen-bond donors (Lipinski definition) is 0. The Morgan fingerprint density at radius 1 is 0.889 bits per heavy atom. The van der Waals surface area contributed by atoms with Crippen LogP contribution in [0.15, 0.2) is 46.7 Å². The van der Waals surface area contributed by atoms with Crippen LogP contribution in [0.2, 0.25) is 0 Å². The summed E-state index contributed by atoms with van der Waals surface area (Å²) >= 11 is 1.88. The van der Waals surface area contributed by atoms with Crippen molar-refractivity contribution in [2.45, 2.75) is 96.3 Å². The first-order valence-corrected chi connectivity index (χ1v) is 12.2. The van der Waals surface area contributed by atoms with Crippen LogP contribution in [-0.4, -0.2) is 0 Å². The highest BCUT2D eigenvalue weighted by atomic mass is 32.2. The Kier molecular flexibility index (Phi) is 8.12. The van der Waals surface area contributed by atoms with Gasteiger partial charge in [-0.25, -0.2) is 0 Å². The molecule has 1 aromatic rings. The minimum absolute atomic E-state index is 0.750. The van der Waals surface area contributed by atoms with E-state index in [-0.39, 0.29) is 0 Å². The second-order valence-electron chi connectivity index (χ2n) is 8.69. The molecule has 0 N–H and O–H groups in total. The molecule has 2 fully saturated rings. The van der Waals surface area contributed by atoms with Crippen molar-refractivity contribution in [1.82, 2.24) is 0 Å². The molecule has 2 aliphatic rings. The van der Waals surface area contributed by atoms with Crippen LogP contribution in [0.5, 0.6) is 0 Å². The fraction of sp³-hybridized carbons (Fsp3) is 0.615. The molecule has 0 saturated heterocycles. The number of thioether (sulfide) groups is 1. The van der Waals surface area contributed by atoms with Gasteiger partial charge >= 0.3 is 0 Å². The van der Waals surface area contributed by atoms with Gasteiger partial charge in [0.2, 0.25) is 0 Å². The van der Waals surface area contributed by atoms with E-state index in [9.17, 15) is 0 Å². The van der Waals surface area contributed by atoms with Gasteiger partial charge in [-0.05, 0) is 91.1 Å². The molecule has 1 aromatic carbocycles. The van der Waals surface area contributed by atoms with E-state index in [1.54, 1.807) is 21.6 Å². The van der Waals surface area contributed by atoms with E-state index in [1.807, 2.05) is 17.2 Å². The Balaban J connectivity index is 1.64. The summed E-state index contributed by atoms with van der Waals surface area (Å²) in [5, 5.41) is 2.03. The lowest BCUT2D eigenvalue weighted by atomic mass is 9.83. The van der Waals surface area contributed by atoms with Gasteiger partial charge in [0.25, 0.3) is 0 Å². The Bertz CT molecular complexity index is 618. The van der Waals surface area contributed by atoms with Gasteiger partial charge in [0.1, 0.15) is 0 Å². The van der Waals surface area contributed by atoms with Crippen molar-refractivity contribution in [3.63, 3.8) is 0 Å². The summed E-state index contributed by atoms with van der Waals surface area (Å²) in [6, 6.07) is 9.82. The SMILES string of the molecule is C=CS/C(=C(\C)CC)C1CCCC(c2ccc(C3CCCCC3)cc2)CC1. The highest BCUT2D eigenvalue weighted by Gasteiger charge is 2.24. The Hall–Kier alpha value is -0.950. The van der Waals surface area contributed by atoms with E-state index in [4.69, 9.17) is 0 Å².